The van der Waals surface area contributed by atoms with Gasteiger partial charge in [-0.15, -0.1) is 0 Å². The molecule has 1 fully saturated rings. The van der Waals surface area contributed by atoms with Crippen molar-refractivity contribution in [3.63, 3.8) is 0 Å². The molecule has 2 rings (SSSR count). The van der Waals surface area contributed by atoms with Gasteiger partial charge in [0.1, 0.15) is 24.1 Å². The van der Waals surface area contributed by atoms with Crippen molar-refractivity contribution in [3.8, 4) is 6.07 Å². The number of carbonyl (C=O) groups excluding carboxylic acids is 2. The lowest BCUT2D eigenvalue weighted by molar-refractivity contribution is -0.123. The van der Waals surface area contributed by atoms with E-state index in [9.17, 15) is 18.4 Å². The molecule has 158 valence electrons. The molecule has 1 saturated heterocycles. The Hall–Kier alpha value is -2.69. The standard InChI is InChI=1S/C21H28F2N4O2/c1-14-4-5-17(22)16(12-14)15-6-10-27(11-7-15)20(29)26-18(13-21(2,3)23)19(28)25-9-8-24/h4-5,12,15,18H,6-7,9-11,13H2,1-3H3,(H,25,28)(H,26,29). The Morgan fingerprint density at radius 2 is 2.00 bits per heavy atom. The minimum atomic E-state index is -1.67. The second-order valence-corrected chi connectivity index (χ2v) is 8.09. The van der Waals surface area contributed by atoms with Gasteiger partial charge in [0.05, 0.1) is 6.07 Å². The van der Waals surface area contributed by atoms with Crippen LogP contribution in [0, 0.1) is 24.1 Å². The van der Waals surface area contributed by atoms with Crippen LogP contribution in [0.5, 0.6) is 0 Å². The number of amides is 3. The van der Waals surface area contributed by atoms with E-state index in [1.165, 1.54) is 19.9 Å². The molecule has 3 amide bonds. The zero-order valence-corrected chi connectivity index (χ0v) is 17.1. The average Bonchev–Trinajstić information content (AvgIpc) is 2.66. The van der Waals surface area contributed by atoms with Crippen molar-refractivity contribution in [2.45, 2.75) is 57.7 Å². The fourth-order valence-electron chi connectivity index (χ4n) is 3.55. The number of nitrogens with one attached hydrogen (secondary N) is 2. The van der Waals surface area contributed by atoms with E-state index in [0.29, 0.717) is 31.5 Å². The van der Waals surface area contributed by atoms with Crippen LogP contribution in [0.3, 0.4) is 0 Å². The molecule has 6 nitrogen and oxygen atoms in total. The summed E-state index contributed by atoms with van der Waals surface area (Å²) in [5.41, 5.74) is -0.0166. The maximum atomic E-state index is 14.1. The predicted octanol–water partition coefficient (Wildman–Crippen LogP) is 3.17. The number of piperidine rings is 1. The van der Waals surface area contributed by atoms with E-state index in [1.54, 1.807) is 17.0 Å². The number of hydrogen-bond donors (Lipinski definition) is 2. The van der Waals surface area contributed by atoms with Gasteiger partial charge >= 0.3 is 6.03 Å². The maximum Gasteiger partial charge on any atom is 0.318 e. The number of nitriles is 1. The topological polar surface area (TPSA) is 85.2 Å². The number of urea groups is 1. The Bertz CT molecular complexity index is 778. The van der Waals surface area contributed by atoms with Gasteiger partial charge in [0.2, 0.25) is 5.91 Å². The van der Waals surface area contributed by atoms with E-state index >= 15 is 0 Å². The van der Waals surface area contributed by atoms with E-state index in [2.05, 4.69) is 10.6 Å². The molecular formula is C21H28F2N4O2. The largest absolute Gasteiger partial charge is 0.341 e. The summed E-state index contributed by atoms with van der Waals surface area (Å²) in [5, 5.41) is 13.5. The second kappa shape index (κ2) is 9.68. The molecule has 1 aromatic rings. The molecule has 0 aliphatic carbocycles. The van der Waals surface area contributed by atoms with Gasteiger partial charge in [-0.05, 0) is 51.2 Å². The van der Waals surface area contributed by atoms with Crippen LogP contribution in [0.2, 0.25) is 0 Å². The summed E-state index contributed by atoms with van der Waals surface area (Å²) in [5.74, 6) is -0.807. The molecule has 29 heavy (non-hydrogen) atoms. The summed E-state index contributed by atoms with van der Waals surface area (Å²) in [6.07, 6.45) is 1.00. The Morgan fingerprint density at radius 1 is 1.34 bits per heavy atom. The van der Waals surface area contributed by atoms with E-state index in [-0.39, 0.29) is 24.7 Å². The van der Waals surface area contributed by atoms with Gasteiger partial charge in [0.25, 0.3) is 0 Å². The highest BCUT2D eigenvalue weighted by molar-refractivity contribution is 5.87. The van der Waals surface area contributed by atoms with Crippen molar-refractivity contribution < 1.29 is 18.4 Å². The molecule has 0 radical (unpaired) electrons. The van der Waals surface area contributed by atoms with Crippen molar-refractivity contribution in [1.29, 1.82) is 5.26 Å². The van der Waals surface area contributed by atoms with E-state index in [1.807, 2.05) is 13.0 Å². The minimum Gasteiger partial charge on any atom is -0.341 e. The first kappa shape index (κ1) is 22.6. The van der Waals surface area contributed by atoms with Crippen molar-refractivity contribution >= 4 is 11.9 Å². The van der Waals surface area contributed by atoms with Crippen LogP contribution in [0.15, 0.2) is 18.2 Å². The number of carbonyl (C=O) groups is 2. The van der Waals surface area contributed by atoms with Crippen molar-refractivity contribution in [2.24, 2.45) is 0 Å². The molecular weight excluding hydrogens is 378 g/mol. The Balaban J connectivity index is 1.98. The first-order chi connectivity index (χ1) is 13.6. The Morgan fingerprint density at radius 3 is 2.59 bits per heavy atom. The van der Waals surface area contributed by atoms with Crippen LogP contribution in [0.4, 0.5) is 13.6 Å². The Kier molecular flexibility index (Phi) is 7.54. The lowest BCUT2D eigenvalue weighted by atomic mass is 9.88. The highest BCUT2D eigenvalue weighted by Gasteiger charge is 2.32. The lowest BCUT2D eigenvalue weighted by Crippen LogP contribution is -2.54. The molecule has 1 unspecified atom stereocenters. The first-order valence-electron chi connectivity index (χ1n) is 9.76. The normalized spacial score (nSPS) is 16.1. The monoisotopic (exact) mass is 406 g/mol. The SMILES string of the molecule is Cc1ccc(F)c(C2CCN(C(=O)NC(CC(C)(C)F)C(=O)NCC#N)CC2)c1. The van der Waals surface area contributed by atoms with Crippen molar-refractivity contribution in [2.75, 3.05) is 19.6 Å². The zero-order valence-electron chi connectivity index (χ0n) is 17.1. The van der Waals surface area contributed by atoms with E-state index < -0.39 is 23.6 Å². The van der Waals surface area contributed by atoms with Crippen molar-refractivity contribution in [1.82, 2.24) is 15.5 Å². The maximum absolute atomic E-state index is 14.1. The number of benzene rings is 1. The molecule has 0 spiro atoms. The minimum absolute atomic E-state index is 0.0263. The quantitative estimate of drug-likeness (QED) is 0.712. The highest BCUT2D eigenvalue weighted by Crippen LogP contribution is 2.30. The summed E-state index contributed by atoms with van der Waals surface area (Å²) < 4.78 is 28.2. The summed E-state index contributed by atoms with van der Waals surface area (Å²) in [4.78, 5) is 26.4. The zero-order chi connectivity index (χ0) is 21.6. The van der Waals surface area contributed by atoms with Crippen LogP contribution < -0.4 is 10.6 Å². The van der Waals surface area contributed by atoms with Gasteiger partial charge in [-0.1, -0.05) is 17.7 Å². The molecule has 1 aliphatic heterocycles. The van der Waals surface area contributed by atoms with Gasteiger partial charge in [0, 0.05) is 19.5 Å². The summed E-state index contributed by atoms with van der Waals surface area (Å²) in [7, 11) is 0. The van der Waals surface area contributed by atoms with Gasteiger partial charge in [-0.25, -0.2) is 13.6 Å². The van der Waals surface area contributed by atoms with E-state index in [4.69, 9.17) is 5.26 Å². The van der Waals surface area contributed by atoms with Gasteiger partial charge < -0.3 is 15.5 Å². The third-order valence-corrected chi connectivity index (χ3v) is 5.02. The molecule has 0 saturated carbocycles. The number of nitrogens with zero attached hydrogens (tertiary/aromatic N) is 2. The summed E-state index contributed by atoms with van der Waals surface area (Å²) >= 11 is 0. The second-order valence-electron chi connectivity index (χ2n) is 8.09. The van der Waals surface area contributed by atoms with Crippen LogP contribution in [0.25, 0.3) is 0 Å². The smallest absolute Gasteiger partial charge is 0.318 e. The molecule has 1 atom stereocenters. The molecule has 0 aromatic heterocycles. The third-order valence-electron chi connectivity index (χ3n) is 5.02. The molecule has 1 heterocycles. The number of rotatable bonds is 6. The van der Waals surface area contributed by atoms with Gasteiger partial charge in [-0.3, -0.25) is 4.79 Å². The molecule has 8 heteroatoms. The highest BCUT2D eigenvalue weighted by atomic mass is 19.1. The van der Waals surface area contributed by atoms with Crippen molar-refractivity contribution in [3.05, 3.63) is 35.1 Å². The fraction of sp³-hybridized carbons (Fsp3) is 0.571. The van der Waals surface area contributed by atoms with Gasteiger partial charge in [-0.2, -0.15) is 5.26 Å². The predicted molar refractivity (Wildman–Crippen MR) is 105 cm³/mol. The van der Waals surface area contributed by atoms with Crippen LogP contribution >= 0.6 is 0 Å². The number of likely N-dealkylation sites (tertiary alicyclic amines) is 1. The van der Waals surface area contributed by atoms with Crippen LogP contribution in [-0.2, 0) is 4.79 Å². The number of alkyl halides is 1. The van der Waals surface area contributed by atoms with Crippen LogP contribution in [-0.4, -0.2) is 48.2 Å². The molecule has 1 aliphatic rings. The Labute approximate surface area is 170 Å². The molecule has 2 N–H and O–H groups in total. The van der Waals surface area contributed by atoms with Gasteiger partial charge in [0.15, 0.2) is 0 Å². The number of aryl methyl sites for hydroxylation is 1. The number of hydrogen-bond acceptors (Lipinski definition) is 3. The van der Waals surface area contributed by atoms with E-state index in [0.717, 1.165) is 5.56 Å². The third kappa shape index (κ3) is 6.70. The molecule has 1 aromatic carbocycles. The lowest BCUT2D eigenvalue weighted by Gasteiger charge is -2.34. The van der Waals surface area contributed by atoms with Crippen LogP contribution in [0.1, 0.15) is 50.2 Å². The summed E-state index contributed by atoms with van der Waals surface area (Å²) in [6.45, 7) is 5.17. The summed E-state index contributed by atoms with van der Waals surface area (Å²) in [6, 6.07) is 5.27. The first-order valence-corrected chi connectivity index (χ1v) is 9.76. The fourth-order valence-corrected chi connectivity index (χ4v) is 3.55. The average molecular weight is 406 g/mol. The molecule has 0 bridgehead atoms. The number of halogens is 2.